The van der Waals surface area contributed by atoms with Crippen molar-refractivity contribution in [3.8, 4) is 0 Å². The lowest BCUT2D eigenvalue weighted by Crippen LogP contribution is -2.18. The van der Waals surface area contributed by atoms with E-state index < -0.39 is 6.04 Å². The van der Waals surface area contributed by atoms with Gasteiger partial charge in [-0.1, -0.05) is 5.16 Å². The highest BCUT2D eigenvalue weighted by atomic mass is 16.5. The fourth-order valence-electron chi connectivity index (χ4n) is 1.58. The normalized spacial score (nSPS) is 24.0. The van der Waals surface area contributed by atoms with Gasteiger partial charge in [0, 0.05) is 6.61 Å². The number of ether oxygens (including phenoxy) is 1. The second-order valence-corrected chi connectivity index (χ2v) is 3.69. The van der Waals surface area contributed by atoms with E-state index in [-0.39, 0.29) is 12.5 Å². The zero-order chi connectivity index (χ0) is 10.7. The van der Waals surface area contributed by atoms with E-state index in [4.69, 9.17) is 20.1 Å². The van der Waals surface area contributed by atoms with Crippen LogP contribution in [0.15, 0.2) is 4.52 Å². The summed E-state index contributed by atoms with van der Waals surface area (Å²) in [5.41, 5.74) is 5.57. The molecule has 2 heterocycles. The summed E-state index contributed by atoms with van der Waals surface area (Å²) in [7, 11) is 0. The highest BCUT2D eigenvalue weighted by Gasteiger charge is 2.23. The average molecular weight is 213 g/mol. The third-order valence-electron chi connectivity index (χ3n) is 2.50. The van der Waals surface area contributed by atoms with Gasteiger partial charge in [0.15, 0.2) is 5.82 Å². The SMILES string of the molecule is NC(CO)c1noc(C2CCCOC2)n1. The summed E-state index contributed by atoms with van der Waals surface area (Å²) >= 11 is 0. The standard InChI is InChI=1S/C9H15N3O3/c10-7(4-13)8-11-9(15-12-8)6-2-1-3-14-5-6/h6-7,13H,1-5,10H2. The zero-order valence-corrected chi connectivity index (χ0v) is 8.43. The zero-order valence-electron chi connectivity index (χ0n) is 8.43. The van der Waals surface area contributed by atoms with E-state index >= 15 is 0 Å². The second kappa shape index (κ2) is 4.69. The van der Waals surface area contributed by atoms with Gasteiger partial charge in [0.2, 0.25) is 5.89 Å². The molecule has 84 valence electrons. The molecule has 0 spiro atoms. The Morgan fingerprint density at radius 2 is 2.47 bits per heavy atom. The van der Waals surface area contributed by atoms with Gasteiger partial charge in [-0.3, -0.25) is 0 Å². The fraction of sp³-hybridized carbons (Fsp3) is 0.778. The number of hydrogen-bond acceptors (Lipinski definition) is 6. The van der Waals surface area contributed by atoms with Crippen molar-refractivity contribution >= 4 is 0 Å². The first-order chi connectivity index (χ1) is 7.31. The van der Waals surface area contributed by atoms with Crippen molar-refractivity contribution in [3.05, 3.63) is 11.7 Å². The molecule has 1 aliphatic rings. The summed E-state index contributed by atoms with van der Waals surface area (Å²) in [4.78, 5) is 4.16. The minimum atomic E-state index is -0.563. The van der Waals surface area contributed by atoms with E-state index in [1.165, 1.54) is 0 Å². The molecule has 1 aliphatic heterocycles. The minimum absolute atomic E-state index is 0.172. The molecule has 0 saturated carbocycles. The number of aliphatic hydroxyl groups excluding tert-OH is 1. The molecule has 2 atom stereocenters. The van der Waals surface area contributed by atoms with Crippen LogP contribution in [0, 0.1) is 0 Å². The number of rotatable bonds is 3. The molecule has 0 aromatic carbocycles. The fourth-order valence-corrected chi connectivity index (χ4v) is 1.58. The molecule has 0 aliphatic carbocycles. The lowest BCUT2D eigenvalue weighted by Gasteiger charge is -2.18. The Labute approximate surface area is 87.4 Å². The Morgan fingerprint density at radius 1 is 1.60 bits per heavy atom. The monoisotopic (exact) mass is 213 g/mol. The Hall–Kier alpha value is -0.980. The Morgan fingerprint density at radius 3 is 3.13 bits per heavy atom. The average Bonchev–Trinajstić information content (AvgIpc) is 2.78. The summed E-state index contributed by atoms with van der Waals surface area (Å²) in [6.07, 6.45) is 2.00. The summed E-state index contributed by atoms with van der Waals surface area (Å²) in [6, 6.07) is -0.563. The van der Waals surface area contributed by atoms with Crippen LogP contribution in [0.2, 0.25) is 0 Å². The van der Waals surface area contributed by atoms with Crippen LogP contribution in [-0.4, -0.2) is 35.1 Å². The molecule has 6 nitrogen and oxygen atoms in total. The van der Waals surface area contributed by atoms with Crippen molar-refractivity contribution in [1.29, 1.82) is 0 Å². The number of nitrogens with two attached hydrogens (primary N) is 1. The lowest BCUT2D eigenvalue weighted by atomic mass is 10.0. The van der Waals surface area contributed by atoms with Crippen LogP contribution in [-0.2, 0) is 4.74 Å². The molecule has 3 N–H and O–H groups in total. The molecule has 6 heteroatoms. The highest BCUT2D eigenvalue weighted by molar-refractivity contribution is 4.98. The Balaban J connectivity index is 2.05. The van der Waals surface area contributed by atoms with E-state index in [0.29, 0.717) is 18.3 Å². The van der Waals surface area contributed by atoms with Gasteiger partial charge in [-0.2, -0.15) is 4.98 Å². The minimum Gasteiger partial charge on any atom is -0.394 e. The quantitative estimate of drug-likeness (QED) is 0.731. The Kier molecular flexibility index (Phi) is 3.30. The molecular formula is C9H15N3O3. The third-order valence-corrected chi connectivity index (χ3v) is 2.50. The summed E-state index contributed by atoms with van der Waals surface area (Å²) in [6.45, 7) is 1.24. The van der Waals surface area contributed by atoms with Crippen LogP contribution in [0.4, 0.5) is 0 Å². The molecule has 1 aromatic rings. The van der Waals surface area contributed by atoms with Crippen LogP contribution in [0.1, 0.15) is 36.5 Å². The van der Waals surface area contributed by atoms with E-state index in [0.717, 1.165) is 19.4 Å². The van der Waals surface area contributed by atoms with Crippen LogP contribution in [0.5, 0.6) is 0 Å². The molecule has 0 amide bonds. The predicted octanol–water partition coefficient (Wildman–Crippen LogP) is -0.0443. The van der Waals surface area contributed by atoms with Gasteiger partial charge in [-0.15, -0.1) is 0 Å². The molecule has 0 bridgehead atoms. The van der Waals surface area contributed by atoms with E-state index in [1.807, 2.05) is 0 Å². The maximum absolute atomic E-state index is 8.84. The van der Waals surface area contributed by atoms with Gasteiger partial charge in [0.25, 0.3) is 0 Å². The molecule has 2 unspecified atom stereocenters. The number of aliphatic hydroxyl groups is 1. The number of nitrogens with zero attached hydrogens (tertiary/aromatic N) is 2. The first-order valence-corrected chi connectivity index (χ1v) is 5.09. The molecule has 0 radical (unpaired) electrons. The molecule has 1 fully saturated rings. The molecular weight excluding hydrogens is 198 g/mol. The van der Waals surface area contributed by atoms with E-state index in [1.54, 1.807) is 0 Å². The summed E-state index contributed by atoms with van der Waals surface area (Å²) in [5, 5.41) is 12.6. The lowest BCUT2D eigenvalue weighted by molar-refractivity contribution is 0.0705. The number of aromatic nitrogens is 2. The van der Waals surface area contributed by atoms with Gasteiger partial charge in [0.1, 0.15) is 0 Å². The van der Waals surface area contributed by atoms with Crippen molar-refractivity contribution in [2.45, 2.75) is 24.8 Å². The van der Waals surface area contributed by atoms with E-state index in [2.05, 4.69) is 10.1 Å². The first kappa shape index (κ1) is 10.5. The third kappa shape index (κ3) is 2.34. The van der Waals surface area contributed by atoms with Crippen molar-refractivity contribution in [1.82, 2.24) is 10.1 Å². The number of hydrogen-bond donors (Lipinski definition) is 2. The van der Waals surface area contributed by atoms with Gasteiger partial charge >= 0.3 is 0 Å². The van der Waals surface area contributed by atoms with Crippen molar-refractivity contribution < 1.29 is 14.4 Å². The van der Waals surface area contributed by atoms with Crippen LogP contribution >= 0.6 is 0 Å². The smallest absolute Gasteiger partial charge is 0.232 e. The van der Waals surface area contributed by atoms with Gasteiger partial charge in [-0.25, -0.2) is 0 Å². The van der Waals surface area contributed by atoms with E-state index in [9.17, 15) is 0 Å². The van der Waals surface area contributed by atoms with Crippen LogP contribution in [0.3, 0.4) is 0 Å². The van der Waals surface area contributed by atoms with Crippen LogP contribution < -0.4 is 5.73 Å². The maximum atomic E-state index is 8.84. The predicted molar refractivity (Wildman–Crippen MR) is 51.1 cm³/mol. The summed E-state index contributed by atoms with van der Waals surface area (Å²) < 4.78 is 10.4. The first-order valence-electron chi connectivity index (χ1n) is 5.09. The highest BCUT2D eigenvalue weighted by Crippen LogP contribution is 2.24. The maximum Gasteiger partial charge on any atom is 0.232 e. The van der Waals surface area contributed by atoms with Crippen molar-refractivity contribution in [3.63, 3.8) is 0 Å². The second-order valence-electron chi connectivity index (χ2n) is 3.69. The van der Waals surface area contributed by atoms with Crippen molar-refractivity contribution in [2.75, 3.05) is 19.8 Å². The van der Waals surface area contributed by atoms with Crippen LogP contribution in [0.25, 0.3) is 0 Å². The molecule has 2 rings (SSSR count). The topological polar surface area (TPSA) is 94.4 Å². The Bertz CT molecular complexity index is 309. The van der Waals surface area contributed by atoms with Gasteiger partial charge in [0.05, 0.1) is 25.2 Å². The van der Waals surface area contributed by atoms with Crippen molar-refractivity contribution in [2.24, 2.45) is 5.73 Å². The summed E-state index contributed by atoms with van der Waals surface area (Å²) in [5.74, 6) is 1.09. The largest absolute Gasteiger partial charge is 0.394 e. The molecule has 1 saturated heterocycles. The van der Waals surface area contributed by atoms with Gasteiger partial charge < -0.3 is 20.1 Å². The molecule has 1 aromatic heterocycles. The molecule has 15 heavy (non-hydrogen) atoms. The van der Waals surface area contributed by atoms with Gasteiger partial charge in [-0.05, 0) is 12.8 Å².